The van der Waals surface area contributed by atoms with Crippen molar-refractivity contribution in [2.75, 3.05) is 19.5 Å². The number of ether oxygens (including phenoxy) is 2. The van der Waals surface area contributed by atoms with Crippen LogP contribution in [0.1, 0.15) is 25.7 Å². The Bertz CT molecular complexity index is 321. The van der Waals surface area contributed by atoms with E-state index in [1.807, 2.05) is 6.08 Å². The Morgan fingerprint density at radius 2 is 1.79 bits per heavy atom. The Morgan fingerprint density at radius 3 is 2.32 bits per heavy atom. The molecule has 1 aliphatic heterocycles. The molecule has 1 aliphatic carbocycles. The van der Waals surface area contributed by atoms with Crippen molar-refractivity contribution in [1.82, 2.24) is 0 Å². The van der Waals surface area contributed by atoms with Crippen LogP contribution in [0.4, 0.5) is 0 Å². The van der Waals surface area contributed by atoms with Gasteiger partial charge in [-0.05, 0) is 31.1 Å². The molecule has 2 aliphatic rings. The highest BCUT2D eigenvalue weighted by Crippen LogP contribution is 2.27. The molecule has 0 unspecified atom stereocenters. The van der Waals surface area contributed by atoms with Gasteiger partial charge in [-0.2, -0.15) is 11.8 Å². The van der Waals surface area contributed by atoms with Crippen LogP contribution in [-0.4, -0.2) is 42.0 Å². The molecule has 2 rings (SSSR count). The quantitative estimate of drug-likeness (QED) is 0.451. The fourth-order valence-electron chi connectivity index (χ4n) is 2.50. The van der Waals surface area contributed by atoms with E-state index in [-0.39, 0.29) is 17.3 Å². The molecule has 6 heteroatoms. The van der Waals surface area contributed by atoms with Gasteiger partial charge < -0.3 is 9.47 Å². The summed E-state index contributed by atoms with van der Waals surface area (Å²) in [4.78, 5) is 10.5. The van der Waals surface area contributed by atoms with Gasteiger partial charge in [0.2, 0.25) is 6.04 Å². The zero-order chi connectivity index (χ0) is 13.7. The lowest BCUT2D eigenvalue weighted by molar-refractivity contribution is -0.526. The first kappa shape index (κ1) is 14.8. The highest BCUT2D eigenvalue weighted by Gasteiger charge is 2.27. The van der Waals surface area contributed by atoms with E-state index in [4.69, 9.17) is 9.47 Å². The fraction of sp³-hybridized carbons (Fsp3) is 0.846. The zero-order valence-corrected chi connectivity index (χ0v) is 12.0. The first-order valence-corrected chi connectivity index (χ1v) is 8.05. The van der Waals surface area contributed by atoms with Crippen molar-refractivity contribution in [2.24, 2.45) is 5.92 Å². The summed E-state index contributed by atoms with van der Waals surface area (Å²) in [5, 5.41) is 11.1. The van der Waals surface area contributed by atoms with Crippen LogP contribution in [0.2, 0.25) is 0 Å². The molecule has 0 bridgehead atoms. The second-order valence-electron chi connectivity index (χ2n) is 5.13. The van der Waals surface area contributed by atoms with Crippen LogP contribution in [0.3, 0.4) is 0 Å². The monoisotopic (exact) mass is 287 g/mol. The first-order chi connectivity index (χ1) is 9.19. The number of rotatable bonds is 4. The number of thioether (sulfide) groups is 1. The van der Waals surface area contributed by atoms with Gasteiger partial charge in [-0.3, -0.25) is 10.1 Å². The van der Waals surface area contributed by atoms with E-state index >= 15 is 0 Å². The molecule has 1 heterocycles. The number of allylic oxidation sites excluding steroid dienone is 1. The minimum absolute atomic E-state index is 0.143. The minimum atomic E-state index is -0.339. The third-order valence-electron chi connectivity index (χ3n) is 3.81. The van der Waals surface area contributed by atoms with E-state index in [1.165, 1.54) is 0 Å². The van der Waals surface area contributed by atoms with E-state index in [9.17, 15) is 10.1 Å². The van der Waals surface area contributed by atoms with Gasteiger partial charge >= 0.3 is 0 Å². The molecule has 0 radical (unpaired) electrons. The van der Waals surface area contributed by atoms with Crippen molar-refractivity contribution >= 4 is 11.8 Å². The smallest absolute Gasteiger partial charge is 0.213 e. The maximum absolute atomic E-state index is 10.7. The summed E-state index contributed by atoms with van der Waals surface area (Å²) in [6.07, 6.45) is 9.04. The normalized spacial score (nSPS) is 36.5. The van der Waals surface area contributed by atoms with Crippen molar-refractivity contribution in [3.63, 3.8) is 0 Å². The Labute approximate surface area is 117 Å². The van der Waals surface area contributed by atoms with Gasteiger partial charge in [-0.25, -0.2) is 0 Å². The van der Waals surface area contributed by atoms with E-state index in [0.29, 0.717) is 24.0 Å². The van der Waals surface area contributed by atoms with Crippen LogP contribution in [0.25, 0.3) is 0 Å². The molecule has 0 spiro atoms. The third-order valence-corrected chi connectivity index (χ3v) is 4.74. The summed E-state index contributed by atoms with van der Waals surface area (Å²) < 4.78 is 11.2. The van der Waals surface area contributed by atoms with E-state index < -0.39 is 0 Å². The van der Waals surface area contributed by atoms with Crippen LogP contribution >= 0.6 is 11.8 Å². The molecule has 1 saturated carbocycles. The minimum Gasteiger partial charge on any atom is -0.348 e. The lowest BCUT2D eigenvalue weighted by Gasteiger charge is -2.27. The van der Waals surface area contributed by atoms with Gasteiger partial charge in [0.05, 0.1) is 18.5 Å². The first-order valence-electron chi connectivity index (χ1n) is 6.77. The standard InChI is InChI=1S/C13H21NO4S/c1-19-12-8-17-13(18-9-12)7-4-10-2-5-11(6-3-10)14(15)16/h4,7,10-13H,2-3,5-6,8-9H2,1H3/b7-4+. The Balaban J connectivity index is 1.71. The highest BCUT2D eigenvalue weighted by atomic mass is 32.2. The summed E-state index contributed by atoms with van der Waals surface area (Å²) in [7, 11) is 0. The number of nitrogens with zero attached hydrogens (tertiary/aromatic N) is 1. The van der Waals surface area contributed by atoms with Gasteiger partial charge in [0.25, 0.3) is 0 Å². The molecule has 1 saturated heterocycles. The molecular weight excluding hydrogens is 266 g/mol. The molecule has 0 amide bonds. The van der Waals surface area contributed by atoms with Gasteiger partial charge in [-0.1, -0.05) is 6.08 Å². The molecule has 5 nitrogen and oxygen atoms in total. The predicted octanol–water partition coefficient (Wildman–Crippen LogP) is 2.48. The maximum Gasteiger partial charge on any atom is 0.213 e. The molecule has 0 atom stereocenters. The van der Waals surface area contributed by atoms with Crippen molar-refractivity contribution in [3.05, 3.63) is 22.3 Å². The summed E-state index contributed by atoms with van der Waals surface area (Å²) >= 11 is 1.76. The van der Waals surface area contributed by atoms with Gasteiger partial charge in [0.1, 0.15) is 0 Å². The lowest BCUT2D eigenvalue weighted by atomic mass is 9.86. The van der Waals surface area contributed by atoms with Gasteiger partial charge in [0.15, 0.2) is 6.29 Å². The van der Waals surface area contributed by atoms with E-state index in [2.05, 4.69) is 12.3 Å². The van der Waals surface area contributed by atoms with Gasteiger partial charge in [-0.15, -0.1) is 0 Å². The zero-order valence-electron chi connectivity index (χ0n) is 11.2. The van der Waals surface area contributed by atoms with Crippen LogP contribution in [0, 0.1) is 16.0 Å². The van der Waals surface area contributed by atoms with Crippen molar-refractivity contribution in [2.45, 2.75) is 43.3 Å². The molecule has 0 N–H and O–H groups in total. The van der Waals surface area contributed by atoms with Crippen molar-refractivity contribution in [3.8, 4) is 0 Å². The molecule has 2 fully saturated rings. The Kier molecular flexibility index (Phi) is 5.66. The van der Waals surface area contributed by atoms with Crippen LogP contribution in [0.15, 0.2) is 12.2 Å². The number of hydrogen-bond acceptors (Lipinski definition) is 5. The average molecular weight is 287 g/mol. The van der Waals surface area contributed by atoms with E-state index in [1.54, 1.807) is 11.8 Å². The molecule has 0 aromatic rings. The molecule has 108 valence electrons. The van der Waals surface area contributed by atoms with Crippen molar-refractivity contribution < 1.29 is 14.4 Å². The predicted molar refractivity (Wildman–Crippen MR) is 74.9 cm³/mol. The molecule has 19 heavy (non-hydrogen) atoms. The lowest BCUT2D eigenvalue weighted by Crippen LogP contribution is -2.32. The molecule has 0 aromatic heterocycles. The van der Waals surface area contributed by atoms with Gasteiger partial charge in [0, 0.05) is 17.8 Å². The SMILES string of the molecule is CSC1COC(/C=C/C2CCC([N+](=O)[O-])CC2)OC1. The summed E-state index contributed by atoms with van der Waals surface area (Å²) in [6.45, 7) is 1.45. The largest absolute Gasteiger partial charge is 0.348 e. The maximum atomic E-state index is 10.7. The van der Waals surface area contributed by atoms with Crippen LogP contribution in [-0.2, 0) is 9.47 Å². The number of nitro groups is 1. The highest BCUT2D eigenvalue weighted by molar-refractivity contribution is 7.99. The van der Waals surface area contributed by atoms with Crippen LogP contribution < -0.4 is 0 Å². The Hall–Kier alpha value is -0.590. The summed E-state index contributed by atoms with van der Waals surface area (Å²) in [5.74, 6) is 0.432. The summed E-state index contributed by atoms with van der Waals surface area (Å²) in [6, 6.07) is -0.339. The number of hydrogen-bond donors (Lipinski definition) is 0. The topological polar surface area (TPSA) is 61.6 Å². The second-order valence-corrected chi connectivity index (χ2v) is 6.27. The molecular formula is C13H21NO4S. The van der Waals surface area contributed by atoms with Crippen molar-refractivity contribution in [1.29, 1.82) is 0 Å². The fourth-order valence-corrected chi connectivity index (χ4v) is 2.93. The Morgan fingerprint density at radius 1 is 1.16 bits per heavy atom. The summed E-state index contributed by atoms with van der Waals surface area (Å²) in [5.41, 5.74) is 0. The van der Waals surface area contributed by atoms with Crippen LogP contribution in [0.5, 0.6) is 0 Å². The third kappa shape index (κ3) is 4.47. The second kappa shape index (κ2) is 7.26. The van der Waals surface area contributed by atoms with E-state index in [0.717, 1.165) is 26.1 Å². The molecule has 0 aromatic carbocycles. The average Bonchev–Trinajstić information content (AvgIpc) is 2.46.